The van der Waals surface area contributed by atoms with Gasteiger partial charge < -0.3 is 19.3 Å². The van der Waals surface area contributed by atoms with E-state index < -0.39 is 23.7 Å². The van der Waals surface area contributed by atoms with Crippen molar-refractivity contribution in [2.45, 2.75) is 31.5 Å². The molecule has 0 spiro atoms. The van der Waals surface area contributed by atoms with Crippen molar-refractivity contribution in [3.8, 4) is 33.8 Å². The molecule has 2 unspecified atom stereocenters. The minimum absolute atomic E-state index is 0.0504. The van der Waals surface area contributed by atoms with Crippen LogP contribution in [0.5, 0.6) is 11.5 Å². The Morgan fingerprint density at radius 1 is 0.625 bits per heavy atom. The fourth-order valence-electron chi connectivity index (χ4n) is 7.64. The topological polar surface area (TPSA) is 123 Å². The predicted molar refractivity (Wildman–Crippen MR) is 241 cm³/mol. The van der Waals surface area contributed by atoms with E-state index in [0.29, 0.717) is 94.7 Å². The molecule has 2 heterocycles. The van der Waals surface area contributed by atoms with Crippen LogP contribution >= 0.6 is 46.4 Å². The van der Waals surface area contributed by atoms with Gasteiger partial charge in [0.2, 0.25) is 0 Å². The number of hydrogen-bond acceptors (Lipinski definition) is 8. The summed E-state index contributed by atoms with van der Waals surface area (Å²) in [5.74, 6) is -1.09. The van der Waals surface area contributed by atoms with Crippen LogP contribution in [-0.4, -0.2) is 73.0 Å². The molecule has 0 aromatic heterocycles. The summed E-state index contributed by atoms with van der Waals surface area (Å²) in [5.41, 5.74) is 4.74. The third-order valence-electron chi connectivity index (χ3n) is 10.6. The number of imide groups is 1. The maximum atomic E-state index is 14.5. The number of aliphatic hydroxyl groups is 1. The molecule has 64 heavy (non-hydrogen) atoms. The van der Waals surface area contributed by atoms with E-state index in [1.807, 2.05) is 0 Å². The van der Waals surface area contributed by atoms with E-state index in [2.05, 4.69) is 0 Å². The van der Waals surface area contributed by atoms with Gasteiger partial charge in [-0.1, -0.05) is 94.9 Å². The van der Waals surface area contributed by atoms with Gasteiger partial charge in [0.25, 0.3) is 11.8 Å². The summed E-state index contributed by atoms with van der Waals surface area (Å²) in [6.07, 6.45) is -0.420. The maximum absolute atomic E-state index is 14.5. The number of ether oxygens (including phenoxy) is 3. The summed E-state index contributed by atoms with van der Waals surface area (Å²) in [6.45, 7) is 0.454. The van der Waals surface area contributed by atoms with Crippen LogP contribution < -0.4 is 9.47 Å². The number of carbonyl (C=O) groups is 4. The second kappa shape index (κ2) is 20.0. The molecule has 2 aliphatic heterocycles. The summed E-state index contributed by atoms with van der Waals surface area (Å²) in [6, 6.07) is 28.9. The molecule has 1 fully saturated rings. The normalized spacial score (nSPS) is 15.1. The number of methoxy groups -OCH3 is 2. The van der Waals surface area contributed by atoms with Crippen molar-refractivity contribution in [1.82, 2.24) is 4.90 Å². The monoisotopic (exact) mass is 945 g/mol. The van der Waals surface area contributed by atoms with Gasteiger partial charge in [-0.2, -0.15) is 0 Å². The lowest BCUT2D eigenvalue weighted by atomic mass is 9.97. The highest BCUT2D eigenvalue weighted by Crippen LogP contribution is 2.44. The number of ketones is 2. The minimum atomic E-state index is -1.15. The first kappa shape index (κ1) is 46.3. The second-order valence-electron chi connectivity index (χ2n) is 14.8. The van der Waals surface area contributed by atoms with Crippen LogP contribution in [0.2, 0.25) is 20.1 Å². The van der Waals surface area contributed by atoms with E-state index in [4.69, 9.17) is 60.6 Å². The van der Waals surface area contributed by atoms with Gasteiger partial charge in [0.1, 0.15) is 23.1 Å². The van der Waals surface area contributed by atoms with Crippen LogP contribution in [-0.2, 0) is 17.6 Å². The smallest absolute Gasteiger partial charge is 0.261 e. The van der Waals surface area contributed by atoms with Crippen LogP contribution in [0.15, 0.2) is 109 Å². The van der Waals surface area contributed by atoms with Crippen LogP contribution in [0.25, 0.3) is 22.3 Å². The zero-order chi connectivity index (χ0) is 45.8. The van der Waals surface area contributed by atoms with Gasteiger partial charge in [-0.3, -0.25) is 24.1 Å². The SMILES string of the molecule is COc1c(CC(O)CN2C(=O)c3ccccc3C2=O)cc(F)cc1-c1c(Cl)cccc1Cl.COc1c(CC2CO2)cc(F)cc1-c1c(Cl)cccc1Cl.O=C1CC(=O)c2ccccc21. The first-order valence-electron chi connectivity index (χ1n) is 19.7. The van der Waals surface area contributed by atoms with E-state index in [1.54, 1.807) is 92.0 Å². The number of Topliss-reactive ketones (excluding diaryl/α,β-unsaturated/α-hetero) is 2. The maximum Gasteiger partial charge on any atom is 0.261 e. The lowest BCUT2D eigenvalue weighted by Crippen LogP contribution is -2.37. The number of nitrogens with zero attached hydrogens (tertiary/aromatic N) is 1. The molecule has 2 amide bonds. The van der Waals surface area contributed by atoms with Crippen molar-refractivity contribution in [1.29, 1.82) is 0 Å². The highest BCUT2D eigenvalue weighted by Gasteiger charge is 2.36. The first-order valence-corrected chi connectivity index (χ1v) is 21.2. The average molecular weight is 948 g/mol. The molecule has 1 N–H and O–H groups in total. The zero-order valence-corrected chi connectivity index (χ0v) is 37.1. The Kier molecular flexibility index (Phi) is 14.5. The van der Waals surface area contributed by atoms with E-state index in [0.717, 1.165) is 10.5 Å². The van der Waals surface area contributed by atoms with Crippen molar-refractivity contribution in [2.24, 2.45) is 0 Å². The first-order chi connectivity index (χ1) is 30.7. The standard InChI is InChI=1S/C24H18Cl2FNO4.C16H13Cl2FO2.C9H6O2/c1-32-22-13(9-14(27)11-18(22)21-19(25)7-4-8-20(21)26)10-15(29)12-28-23(30)16-5-2-3-6-17(16)24(28)31;1-20-16-9(6-11-8-21-11)5-10(19)7-12(16)15-13(17)3-2-4-14(15)18;10-8-5-9(11)7-4-2-1-3-6(7)8/h2-9,11,15,29H,10,12H2,1H3;2-5,7,11H,6,8H2,1H3;1-4H,5H2. The Labute approximate surface area is 387 Å². The van der Waals surface area contributed by atoms with Gasteiger partial charge in [-0.05, 0) is 60.7 Å². The van der Waals surface area contributed by atoms with Crippen molar-refractivity contribution in [3.63, 3.8) is 0 Å². The number of amides is 2. The number of carbonyl (C=O) groups excluding carboxylic acids is 4. The number of aliphatic hydroxyl groups excluding tert-OH is 1. The number of β-amino-alcohol motifs (C(OH)–C–C–N with tert-alkyl or cyclic N) is 1. The molecule has 3 aliphatic rings. The van der Waals surface area contributed by atoms with E-state index in [9.17, 15) is 33.1 Å². The zero-order valence-electron chi connectivity index (χ0n) is 34.1. The number of halogens is 6. The molecule has 6 aromatic carbocycles. The number of hydrogen-bond donors (Lipinski definition) is 1. The molecular weight excluding hydrogens is 910 g/mol. The summed E-state index contributed by atoms with van der Waals surface area (Å²) in [4.78, 5) is 48.2. The van der Waals surface area contributed by atoms with Crippen LogP contribution in [0.1, 0.15) is 59.0 Å². The van der Waals surface area contributed by atoms with Crippen molar-refractivity contribution < 1.29 is 47.3 Å². The molecule has 328 valence electrons. The fraction of sp³-hybridized carbons (Fsp3) is 0.184. The Morgan fingerprint density at radius 3 is 1.45 bits per heavy atom. The molecule has 0 saturated carbocycles. The number of benzene rings is 6. The highest BCUT2D eigenvalue weighted by atomic mass is 35.5. The van der Waals surface area contributed by atoms with Gasteiger partial charge in [0, 0.05) is 57.3 Å². The van der Waals surface area contributed by atoms with Crippen molar-refractivity contribution in [3.05, 3.63) is 174 Å². The predicted octanol–water partition coefficient (Wildman–Crippen LogP) is 11.2. The number of epoxide rings is 1. The van der Waals surface area contributed by atoms with Gasteiger partial charge in [0.15, 0.2) is 11.6 Å². The summed E-state index contributed by atoms with van der Waals surface area (Å²) >= 11 is 25.1. The van der Waals surface area contributed by atoms with Crippen LogP contribution in [0, 0.1) is 11.6 Å². The van der Waals surface area contributed by atoms with E-state index in [-0.39, 0.29) is 42.9 Å². The largest absolute Gasteiger partial charge is 0.496 e. The molecule has 9 rings (SSSR count). The Bertz CT molecular complexity index is 2710. The Hall–Kier alpha value is -5.66. The van der Waals surface area contributed by atoms with E-state index in [1.165, 1.54) is 31.4 Å². The third kappa shape index (κ3) is 10.0. The molecule has 0 radical (unpaired) electrons. The van der Waals surface area contributed by atoms with Gasteiger partial charge in [-0.15, -0.1) is 0 Å². The number of fused-ring (bicyclic) bond motifs is 2. The lowest BCUT2D eigenvalue weighted by molar-refractivity contribution is 0.0543. The molecule has 9 nitrogen and oxygen atoms in total. The summed E-state index contributed by atoms with van der Waals surface area (Å²) < 4.78 is 44.7. The van der Waals surface area contributed by atoms with Gasteiger partial charge in [-0.25, -0.2) is 8.78 Å². The highest BCUT2D eigenvalue weighted by molar-refractivity contribution is 6.40. The summed E-state index contributed by atoms with van der Waals surface area (Å²) in [5, 5.41) is 12.2. The lowest BCUT2D eigenvalue weighted by Gasteiger charge is -2.21. The van der Waals surface area contributed by atoms with Crippen LogP contribution in [0.3, 0.4) is 0 Å². The molecule has 15 heteroatoms. The third-order valence-corrected chi connectivity index (χ3v) is 11.8. The quantitative estimate of drug-likeness (QED) is 0.0818. The average Bonchev–Trinajstić information content (AvgIpc) is 3.99. The Balaban J connectivity index is 0.000000162. The number of rotatable bonds is 10. The minimum Gasteiger partial charge on any atom is -0.496 e. The second-order valence-corrected chi connectivity index (χ2v) is 16.5. The van der Waals surface area contributed by atoms with Crippen LogP contribution in [0.4, 0.5) is 8.78 Å². The van der Waals surface area contributed by atoms with Crippen molar-refractivity contribution >= 4 is 69.8 Å². The van der Waals surface area contributed by atoms with Gasteiger partial charge in [0.05, 0.1) is 77.2 Å². The molecular formula is C49H37Cl4F2NO8. The molecule has 2 atom stereocenters. The van der Waals surface area contributed by atoms with Gasteiger partial charge >= 0.3 is 0 Å². The van der Waals surface area contributed by atoms with Crippen molar-refractivity contribution in [2.75, 3.05) is 27.4 Å². The molecule has 0 bridgehead atoms. The Morgan fingerprint density at radius 2 is 1.03 bits per heavy atom. The fourth-order valence-corrected chi connectivity index (χ4v) is 8.84. The molecule has 1 saturated heterocycles. The molecule has 6 aromatic rings. The molecule has 1 aliphatic carbocycles. The summed E-state index contributed by atoms with van der Waals surface area (Å²) in [7, 11) is 2.97. The van der Waals surface area contributed by atoms with E-state index >= 15 is 0 Å².